The van der Waals surface area contributed by atoms with Crippen LogP contribution in [0.15, 0.2) is 33.8 Å². The van der Waals surface area contributed by atoms with Crippen LogP contribution >= 0.6 is 27.5 Å². The van der Waals surface area contributed by atoms with E-state index in [1.807, 2.05) is 0 Å². The molecule has 0 saturated carbocycles. The second-order valence-electron chi connectivity index (χ2n) is 3.71. The van der Waals surface area contributed by atoms with Gasteiger partial charge in [0, 0.05) is 16.6 Å². The van der Waals surface area contributed by atoms with Crippen molar-refractivity contribution in [3.05, 3.63) is 39.5 Å². The molecule has 4 N–H and O–H groups in total. The zero-order valence-corrected chi connectivity index (χ0v) is 12.7. The maximum absolute atomic E-state index is 12.1. The zero-order chi connectivity index (χ0) is 14.0. The van der Waals surface area contributed by atoms with Gasteiger partial charge in [0.2, 0.25) is 10.0 Å². The fraction of sp³-hybridized carbons (Fsp3) is 0.100. The number of rotatable bonds is 4. The van der Waals surface area contributed by atoms with E-state index in [0.29, 0.717) is 20.9 Å². The molecule has 0 atom stereocenters. The van der Waals surface area contributed by atoms with Gasteiger partial charge in [-0.2, -0.15) is 5.10 Å². The van der Waals surface area contributed by atoms with Gasteiger partial charge >= 0.3 is 0 Å². The van der Waals surface area contributed by atoms with Gasteiger partial charge in [0.1, 0.15) is 5.82 Å². The van der Waals surface area contributed by atoms with Crippen molar-refractivity contribution in [2.75, 3.05) is 5.73 Å². The standard InChI is InChI=1S/C10H10BrClN4O2S/c11-8-3-7(1-2-9(8)12)19(17,18)15-5-6-4-14-16-10(6)13/h1-4,15H,5H2,(H3,13,14,16). The minimum absolute atomic E-state index is 0.0604. The largest absolute Gasteiger partial charge is 0.384 e. The van der Waals surface area contributed by atoms with Crippen molar-refractivity contribution in [3.8, 4) is 0 Å². The van der Waals surface area contributed by atoms with Crippen LogP contribution < -0.4 is 10.5 Å². The Morgan fingerprint density at radius 3 is 2.79 bits per heavy atom. The van der Waals surface area contributed by atoms with Crippen molar-refractivity contribution >= 4 is 43.4 Å². The molecule has 2 aromatic rings. The predicted octanol–water partition coefficient (Wildman–Crippen LogP) is 1.89. The quantitative estimate of drug-likeness (QED) is 0.770. The molecule has 0 saturated heterocycles. The average molecular weight is 366 g/mol. The van der Waals surface area contributed by atoms with Gasteiger partial charge in [0.05, 0.1) is 16.1 Å². The summed E-state index contributed by atoms with van der Waals surface area (Å²) in [5, 5.41) is 6.68. The van der Waals surface area contributed by atoms with Gasteiger partial charge in [-0.15, -0.1) is 0 Å². The van der Waals surface area contributed by atoms with E-state index in [-0.39, 0.29) is 11.4 Å². The number of nitrogen functional groups attached to an aromatic ring is 1. The Bertz CT molecular complexity index is 701. The number of hydrogen-bond acceptors (Lipinski definition) is 4. The van der Waals surface area contributed by atoms with Gasteiger partial charge in [-0.1, -0.05) is 11.6 Å². The third-order valence-electron chi connectivity index (χ3n) is 2.41. The number of nitrogens with two attached hydrogens (primary N) is 1. The summed E-state index contributed by atoms with van der Waals surface area (Å²) >= 11 is 9.00. The molecule has 0 unspecified atom stereocenters. The highest BCUT2D eigenvalue weighted by Gasteiger charge is 2.16. The van der Waals surface area contributed by atoms with Crippen LogP contribution in [-0.2, 0) is 16.6 Å². The van der Waals surface area contributed by atoms with E-state index >= 15 is 0 Å². The second-order valence-corrected chi connectivity index (χ2v) is 6.74. The van der Waals surface area contributed by atoms with Crippen LogP contribution in [0, 0.1) is 0 Å². The average Bonchev–Trinajstić information content (AvgIpc) is 2.76. The van der Waals surface area contributed by atoms with Gasteiger partial charge in [0.25, 0.3) is 0 Å². The maximum atomic E-state index is 12.1. The lowest BCUT2D eigenvalue weighted by molar-refractivity contribution is 0.581. The summed E-state index contributed by atoms with van der Waals surface area (Å²) in [6.45, 7) is 0.0604. The van der Waals surface area contributed by atoms with Crippen LogP contribution in [0.4, 0.5) is 5.82 Å². The van der Waals surface area contributed by atoms with Crippen molar-refractivity contribution in [2.24, 2.45) is 0 Å². The number of sulfonamides is 1. The van der Waals surface area contributed by atoms with Crippen LogP contribution in [0.25, 0.3) is 0 Å². The van der Waals surface area contributed by atoms with E-state index in [2.05, 4.69) is 30.8 Å². The molecule has 0 fully saturated rings. The number of benzene rings is 1. The molecular weight excluding hydrogens is 356 g/mol. The van der Waals surface area contributed by atoms with Crippen LogP contribution in [0.3, 0.4) is 0 Å². The van der Waals surface area contributed by atoms with Gasteiger partial charge in [-0.25, -0.2) is 13.1 Å². The Balaban J connectivity index is 2.18. The third-order valence-corrected chi connectivity index (χ3v) is 5.02. The monoisotopic (exact) mass is 364 g/mol. The van der Waals surface area contributed by atoms with E-state index in [1.54, 1.807) is 0 Å². The fourth-order valence-electron chi connectivity index (χ4n) is 1.36. The molecular formula is C10H10BrClN4O2S. The molecule has 9 heteroatoms. The summed E-state index contributed by atoms with van der Waals surface area (Å²) in [5.74, 6) is 0.333. The zero-order valence-electron chi connectivity index (χ0n) is 9.52. The fourth-order valence-corrected chi connectivity index (χ4v) is 3.04. The van der Waals surface area contributed by atoms with E-state index in [1.165, 1.54) is 24.4 Å². The molecule has 1 aromatic carbocycles. The predicted molar refractivity (Wildman–Crippen MR) is 76.2 cm³/mol. The number of H-pyrrole nitrogens is 1. The highest BCUT2D eigenvalue weighted by Crippen LogP contribution is 2.25. The number of aromatic nitrogens is 2. The number of aromatic amines is 1. The normalized spacial score (nSPS) is 11.7. The summed E-state index contributed by atoms with van der Waals surface area (Å²) in [7, 11) is -3.63. The van der Waals surface area contributed by atoms with Gasteiger partial charge in [0.15, 0.2) is 0 Å². The first-order valence-corrected chi connectivity index (χ1v) is 7.78. The molecule has 0 aliphatic heterocycles. The molecule has 0 aliphatic carbocycles. The number of anilines is 1. The Morgan fingerprint density at radius 1 is 1.47 bits per heavy atom. The number of halogens is 2. The molecule has 1 heterocycles. The van der Waals surface area contributed by atoms with E-state index < -0.39 is 10.0 Å². The van der Waals surface area contributed by atoms with Gasteiger partial charge in [-0.3, -0.25) is 5.10 Å². The number of nitrogens with one attached hydrogen (secondary N) is 2. The lowest BCUT2D eigenvalue weighted by Gasteiger charge is -2.07. The topological polar surface area (TPSA) is 101 Å². The molecule has 102 valence electrons. The highest BCUT2D eigenvalue weighted by molar-refractivity contribution is 9.10. The lowest BCUT2D eigenvalue weighted by Crippen LogP contribution is -2.23. The third kappa shape index (κ3) is 3.27. The van der Waals surface area contributed by atoms with Crippen LogP contribution in [0.5, 0.6) is 0 Å². The van der Waals surface area contributed by atoms with Crippen molar-refractivity contribution in [3.63, 3.8) is 0 Å². The van der Waals surface area contributed by atoms with E-state index in [0.717, 1.165) is 0 Å². The van der Waals surface area contributed by atoms with Crippen molar-refractivity contribution in [1.29, 1.82) is 0 Å². The minimum Gasteiger partial charge on any atom is -0.384 e. The lowest BCUT2D eigenvalue weighted by atomic mass is 10.3. The summed E-state index contributed by atoms with van der Waals surface area (Å²) in [4.78, 5) is 0.117. The Labute approximate surface area is 123 Å². The van der Waals surface area contributed by atoms with Gasteiger partial charge in [-0.05, 0) is 34.1 Å². The van der Waals surface area contributed by atoms with Crippen LogP contribution in [0.2, 0.25) is 5.02 Å². The molecule has 0 aliphatic rings. The van der Waals surface area contributed by atoms with Crippen LogP contribution in [-0.4, -0.2) is 18.6 Å². The summed E-state index contributed by atoms with van der Waals surface area (Å²) in [6, 6.07) is 4.37. The molecule has 0 radical (unpaired) electrons. The van der Waals surface area contributed by atoms with Gasteiger partial charge < -0.3 is 5.73 Å². The molecule has 6 nitrogen and oxygen atoms in total. The second kappa shape index (κ2) is 5.49. The highest BCUT2D eigenvalue weighted by atomic mass is 79.9. The molecule has 0 spiro atoms. The molecule has 1 aromatic heterocycles. The Morgan fingerprint density at radius 2 is 2.21 bits per heavy atom. The Kier molecular flexibility index (Phi) is 4.14. The first-order chi connectivity index (χ1) is 8.90. The number of hydrogen-bond donors (Lipinski definition) is 3. The molecule has 2 rings (SSSR count). The smallest absolute Gasteiger partial charge is 0.240 e. The van der Waals surface area contributed by atoms with Crippen LogP contribution in [0.1, 0.15) is 5.56 Å². The summed E-state index contributed by atoms with van der Waals surface area (Å²) in [5.41, 5.74) is 6.15. The molecule has 19 heavy (non-hydrogen) atoms. The van der Waals surface area contributed by atoms with Crippen molar-refractivity contribution in [2.45, 2.75) is 11.4 Å². The first-order valence-electron chi connectivity index (χ1n) is 5.12. The molecule has 0 amide bonds. The first kappa shape index (κ1) is 14.3. The summed E-state index contributed by atoms with van der Waals surface area (Å²) < 4.78 is 27.1. The van der Waals surface area contributed by atoms with Crippen molar-refractivity contribution in [1.82, 2.24) is 14.9 Å². The van der Waals surface area contributed by atoms with E-state index in [9.17, 15) is 8.42 Å². The molecule has 0 bridgehead atoms. The van der Waals surface area contributed by atoms with E-state index in [4.69, 9.17) is 17.3 Å². The summed E-state index contributed by atoms with van der Waals surface area (Å²) in [6.07, 6.45) is 1.47. The SMILES string of the molecule is Nc1[nH]ncc1CNS(=O)(=O)c1ccc(Cl)c(Br)c1. The maximum Gasteiger partial charge on any atom is 0.240 e. The number of nitrogens with zero attached hydrogens (tertiary/aromatic N) is 1. The van der Waals surface area contributed by atoms with Crippen molar-refractivity contribution < 1.29 is 8.42 Å². The Hall–Kier alpha value is -1.09. The minimum atomic E-state index is -3.63.